The van der Waals surface area contributed by atoms with Gasteiger partial charge in [0.1, 0.15) is 5.75 Å². The molecule has 3 nitrogen and oxygen atoms in total. The summed E-state index contributed by atoms with van der Waals surface area (Å²) >= 11 is 0. The molecular formula is C15H23NO2. The van der Waals surface area contributed by atoms with E-state index in [1.54, 1.807) is 0 Å². The molecule has 0 fully saturated rings. The van der Waals surface area contributed by atoms with Gasteiger partial charge in [-0.2, -0.15) is 0 Å². The first-order valence-electron chi connectivity index (χ1n) is 6.93. The fourth-order valence-electron chi connectivity index (χ4n) is 2.47. The molecule has 0 saturated heterocycles. The molecule has 3 N–H and O–H groups in total. The predicted molar refractivity (Wildman–Crippen MR) is 72.7 cm³/mol. The third kappa shape index (κ3) is 3.47. The SMILES string of the molecule is N[C@@H]1CCc2cc(OCCCCCCO)ccc21. The Bertz CT molecular complexity index is 379. The number of ether oxygens (including phenoxy) is 1. The number of unbranched alkanes of at least 4 members (excludes halogenated alkanes) is 3. The van der Waals surface area contributed by atoms with E-state index in [9.17, 15) is 0 Å². The Balaban J connectivity index is 1.74. The molecule has 0 spiro atoms. The summed E-state index contributed by atoms with van der Waals surface area (Å²) in [6.45, 7) is 1.06. The van der Waals surface area contributed by atoms with Gasteiger partial charge in [-0.25, -0.2) is 0 Å². The van der Waals surface area contributed by atoms with Crippen LogP contribution >= 0.6 is 0 Å². The molecule has 0 amide bonds. The summed E-state index contributed by atoms with van der Waals surface area (Å²) in [5.74, 6) is 0.963. The normalized spacial score (nSPS) is 17.8. The van der Waals surface area contributed by atoms with Gasteiger partial charge in [0.25, 0.3) is 0 Å². The Morgan fingerprint density at radius 2 is 2.06 bits per heavy atom. The molecule has 1 aliphatic rings. The molecule has 0 aromatic heterocycles. The van der Waals surface area contributed by atoms with Crippen molar-refractivity contribution in [1.82, 2.24) is 0 Å². The minimum Gasteiger partial charge on any atom is -0.494 e. The monoisotopic (exact) mass is 249 g/mol. The van der Waals surface area contributed by atoms with Gasteiger partial charge in [0.05, 0.1) is 6.61 Å². The minimum absolute atomic E-state index is 0.215. The third-order valence-electron chi connectivity index (χ3n) is 3.56. The molecular weight excluding hydrogens is 226 g/mol. The number of nitrogens with two attached hydrogens (primary N) is 1. The molecule has 100 valence electrons. The summed E-state index contributed by atoms with van der Waals surface area (Å²) in [7, 11) is 0. The summed E-state index contributed by atoms with van der Waals surface area (Å²) in [4.78, 5) is 0. The van der Waals surface area contributed by atoms with E-state index >= 15 is 0 Å². The van der Waals surface area contributed by atoms with Crippen molar-refractivity contribution in [1.29, 1.82) is 0 Å². The van der Waals surface area contributed by atoms with Gasteiger partial charge in [-0.3, -0.25) is 0 Å². The van der Waals surface area contributed by atoms with Crippen LogP contribution in [-0.2, 0) is 6.42 Å². The highest BCUT2D eigenvalue weighted by Gasteiger charge is 2.18. The van der Waals surface area contributed by atoms with Crippen LogP contribution in [0.4, 0.5) is 0 Å². The summed E-state index contributed by atoms with van der Waals surface area (Å²) in [5, 5.41) is 8.67. The standard InChI is InChI=1S/C15H23NO2/c16-15-8-5-12-11-13(6-7-14(12)15)18-10-4-2-1-3-9-17/h6-7,11,15,17H,1-5,8-10,16H2/t15-/m1/s1. The first-order chi connectivity index (χ1) is 8.81. The molecule has 0 heterocycles. The highest BCUT2D eigenvalue weighted by Crippen LogP contribution is 2.31. The Hall–Kier alpha value is -1.06. The lowest BCUT2D eigenvalue weighted by Crippen LogP contribution is -2.05. The van der Waals surface area contributed by atoms with E-state index in [4.69, 9.17) is 15.6 Å². The van der Waals surface area contributed by atoms with Gasteiger partial charge in [-0.15, -0.1) is 0 Å². The maximum Gasteiger partial charge on any atom is 0.119 e. The van der Waals surface area contributed by atoms with Crippen molar-refractivity contribution in [3.63, 3.8) is 0 Å². The van der Waals surface area contributed by atoms with E-state index in [2.05, 4.69) is 12.1 Å². The zero-order valence-electron chi connectivity index (χ0n) is 10.9. The lowest BCUT2D eigenvalue weighted by Gasteiger charge is -2.09. The largest absolute Gasteiger partial charge is 0.494 e. The van der Waals surface area contributed by atoms with Gasteiger partial charge in [0.2, 0.25) is 0 Å². The van der Waals surface area contributed by atoms with Crippen LogP contribution in [-0.4, -0.2) is 18.3 Å². The molecule has 2 rings (SSSR count). The lowest BCUT2D eigenvalue weighted by atomic mass is 10.1. The number of hydrogen-bond donors (Lipinski definition) is 2. The average Bonchev–Trinajstić information content (AvgIpc) is 2.75. The number of aliphatic hydroxyl groups excluding tert-OH is 1. The summed E-state index contributed by atoms with van der Waals surface area (Å²) in [6, 6.07) is 6.48. The Labute approximate surface area is 109 Å². The molecule has 3 heteroatoms. The number of fused-ring (bicyclic) bond motifs is 1. The van der Waals surface area contributed by atoms with Crippen LogP contribution in [0.25, 0.3) is 0 Å². The van der Waals surface area contributed by atoms with Gasteiger partial charge >= 0.3 is 0 Å². The van der Waals surface area contributed by atoms with Crippen molar-refractivity contribution in [2.24, 2.45) is 5.73 Å². The molecule has 0 radical (unpaired) electrons. The van der Waals surface area contributed by atoms with Crippen LogP contribution < -0.4 is 10.5 Å². The lowest BCUT2D eigenvalue weighted by molar-refractivity contribution is 0.273. The first kappa shape index (κ1) is 13.4. The number of aryl methyl sites for hydroxylation is 1. The number of benzene rings is 1. The summed E-state index contributed by atoms with van der Waals surface area (Å²) in [5.41, 5.74) is 8.63. The summed E-state index contributed by atoms with van der Waals surface area (Å²) in [6.07, 6.45) is 6.28. The minimum atomic E-state index is 0.215. The van der Waals surface area contributed by atoms with Gasteiger partial charge in [0, 0.05) is 12.6 Å². The smallest absolute Gasteiger partial charge is 0.119 e. The van der Waals surface area contributed by atoms with Gasteiger partial charge in [-0.1, -0.05) is 12.5 Å². The van der Waals surface area contributed by atoms with Crippen LogP contribution in [0.1, 0.15) is 49.3 Å². The first-order valence-corrected chi connectivity index (χ1v) is 6.93. The zero-order valence-corrected chi connectivity index (χ0v) is 10.9. The van der Waals surface area contributed by atoms with E-state index in [0.717, 1.165) is 50.9 Å². The van der Waals surface area contributed by atoms with Crippen molar-refractivity contribution in [3.05, 3.63) is 29.3 Å². The van der Waals surface area contributed by atoms with Crippen LogP contribution in [0.15, 0.2) is 18.2 Å². The maximum atomic E-state index is 8.67. The summed E-state index contributed by atoms with van der Waals surface area (Å²) < 4.78 is 5.74. The second-order valence-electron chi connectivity index (χ2n) is 4.99. The van der Waals surface area contributed by atoms with Crippen LogP contribution in [0.5, 0.6) is 5.75 Å². The molecule has 1 atom stereocenters. The molecule has 18 heavy (non-hydrogen) atoms. The van der Waals surface area contributed by atoms with E-state index in [1.807, 2.05) is 6.07 Å². The number of aliphatic hydroxyl groups is 1. The molecule has 1 aliphatic carbocycles. The molecule has 0 aliphatic heterocycles. The van der Waals surface area contributed by atoms with Crippen LogP contribution in [0, 0.1) is 0 Å². The fraction of sp³-hybridized carbons (Fsp3) is 0.600. The molecule has 0 unspecified atom stereocenters. The second kappa shape index (κ2) is 6.76. The Kier molecular flexibility index (Phi) is 5.02. The quantitative estimate of drug-likeness (QED) is 0.730. The van der Waals surface area contributed by atoms with E-state index < -0.39 is 0 Å². The fourth-order valence-corrected chi connectivity index (χ4v) is 2.47. The van der Waals surface area contributed by atoms with Crippen LogP contribution in [0.2, 0.25) is 0 Å². The van der Waals surface area contributed by atoms with Gasteiger partial charge < -0.3 is 15.6 Å². The molecule has 0 saturated carbocycles. The topological polar surface area (TPSA) is 55.5 Å². The highest BCUT2D eigenvalue weighted by atomic mass is 16.5. The van der Waals surface area contributed by atoms with E-state index in [1.165, 1.54) is 11.1 Å². The third-order valence-corrected chi connectivity index (χ3v) is 3.56. The van der Waals surface area contributed by atoms with Crippen LogP contribution in [0.3, 0.4) is 0 Å². The number of rotatable bonds is 7. The van der Waals surface area contributed by atoms with Gasteiger partial charge in [-0.05, 0) is 55.4 Å². The Morgan fingerprint density at radius 1 is 1.22 bits per heavy atom. The van der Waals surface area contributed by atoms with Crippen molar-refractivity contribution in [2.45, 2.75) is 44.6 Å². The molecule has 1 aromatic rings. The van der Waals surface area contributed by atoms with E-state index in [-0.39, 0.29) is 6.04 Å². The second-order valence-corrected chi connectivity index (χ2v) is 4.99. The van der Waals surface area contributed by atoms with Gasteiger partial charge in [0.15, 0.2) is 0 Å². The zero-order chi connectivity index (χ0) is 12.8. The highest BCUT2D eigenvalue weighted by molar-refractivity contribution is 5.40. The van der Waals surface area contributed by atoms with Crippen molar-refractivity contribution >= 4 is 0 Å². The Morgan fingerprint density at radius 3 is 2.89 bits per heavy atom. The maximum absolute atomic E-state index is 8.67. The van der Waals surface area contributed by atoms with E-state index in [0.29, 0.717) is 6.61 Å². The number of hydrogen-bond acceptors (Lipinski definition) is 3. The van der Waals surface area contributed by atoms with Crippen molar-refractivity contribution < 1.29 is 9.84 Å². The predicted octanol–water partition coefficient (Wildman–Crippen LogP) is 2.56. The van der Waals surface area contributed by atoms with Crippen molar-refractivity contribution in [3.8, 4) is 5.75 Å². The molecule has 1 aromatic carbocycles. The average molecular weight is 249 g/mol. The molecule has 0 bridgehead atoms. The van der Waals surface area contributed by atoms with Crippen molar-refractivity contribution in [2.75, 3.05) is 13.2 Å².